The lowest BCUT2D eigenvalue weighted by Crippen LogP contribution is -2.32. The maximum Gasteiger partial charge on any atom is 0.162 e. The second-order valence-corrected chi connectivity index (χ2v) is 5.92. The molecule has 1 aliphatic heterocycles. The molecule has 0 spiro atoms. The van der Waals surface area contributed by atoms with Crippen LogP contribution >= 0.6 is 0 Å². The lowest BCUT2D eigenvalue weighted by atomic mass is 9.90. The Labute approximate surface area is 121 Å². The summed E-state index contributed by atoms with van der Waals surface area (Å²) in [5.74, 6) is 0.700. The van der Waals surface area contributed by atoms with Gasteiger partial charge in [-0.25, -0.2) is 0 Å². The summed E-state index contributed by atoms with van der Waals surface area (Å²) in [4.78, 5) is 2.39. The van der Waals surface area contributed by atoms with Gasteiger partial charge in [0.25, 0.3) is 0 Å². The van der Waals surface area contributed by atoms with Gasteiger partial charge < -0.3 is 14.7 Å². The number of likely N-dealkylation sites (tertiary alicyclic amines) is 1. The minimum atomic E-state index is -0.837. The summed E-state index contributed by atoms with van der Waals surface area (Å²) in [5, 5.41) is 15.6. The summed E-state index contributed by atoms with van der Waals surface area (Å²) < 4.78 is 7.33. The van der Waals surface area contributed by atoms with Crippen molar-refractivity contribution in [3.63, 3.8) is 0 Å². The van der Waals surface area contributed by atoms with Crippen molar-refractivity contribution in [2.45, 2.75) is 51.7 Å². The Balaban J connectivity index is 2.35. The van der Waals surface area contributed by atoms with E-state index in [0.717, 1.165) is 44.6 Å². The highest BCUT2D eigenvalue weighted by Crippen LogP contribution is 2.39. The molecule has 0 radical (unpaired) electrons. The maximum atomic E-state index is 11.2. The molecule has 1 N–H and O–H groups in total. The quantitative estimate of drug-likeness (QED) is 0.919. The first kappa shape index (κ1) is 15.3. The average molecular weight is 281 g/mol. The molecule has 5 nitrogen and oxygen atoms in total. The molecule has 1 aromatic rings. The molecule has 1 saturated heterocycles. The Morgan fingerprint density at radius 1 is 1.40 bits per heavy atom. The molecule has 2 heterocycles. The van der Waals surface area contributed by atoms with Crippen LogP contribution in [0, 0.1) is 0 Å². The van der Waals surface area contributed by atoms with E-state index in [2.05, 4.69) is 30.8 Å². The number of aliphatic hydroxyl groups is 1. The van der Waals surface area contributed by atoms with Crippen molar-refractivity contribution in [2.75, 3.05) is 26.7 Å². The number of hydrogen-bond donors (Lipinski definition) is 1. The molecule has 0 aromatic carbocycles. The van der Waals surface area contributed by atoms with Gasteiger partial charge in [0.1, 0.15) is 11.3 Å². The molecule has 1 aliphatic rings. The van der Waals surface area contributed by atoms with Gasteiger partial charge in [-0.15, -0.1) is 0 Å². The predicted octanol–water partition coefficient (Wildman–Crippen LogP) is 2.17. The van der Waals surface area contributed by atoms with Crippen molar-refractivity contribution >= 4 is 0 Å². The summed E-state index contributed by atoms with van der Waals surface area (Å²) in [7, 11) is 1.64. The van der Waals surface area contributed by atoms with Crippen molar-refractivity contribution in [2.24, 2.45) is 0 Å². The van der Waals surface area contributed by atoms with Crippen LogP contribution in [0.5, 0.6) is 5.75 Å². The van der Waals surface area contributed by atoms with Crippen LogP contribution in [0.3, 0.4) is 0 Å². The van der Waals surface area contributed by atoms with Crippen molar-refractivity contribution in [3.05, 3.63) is 11.9 Å². The SMILES string of the molecule is CCN1CCCC(O)(c2c(OC)cnn2C(C)C)CC1. The number of methoxy groups -OCH3 is 1. The number of rotatable bonds is 4. The zero-order chi connectivity index (χ0) is 14.8. The Morgan fingerprint density at radius 3 is 2.75 bits per heavy atom. The van der Waals surface area contributed by atoms with Crippen molar-refractivity contribution < 1.29 is 9.84 Å². The highest BCUT2D eigenvalue weighted by Gasteiger charge is 2.38. The third-order valence-electron chi connectivity index (χ3n) is 4.27. The summed E-state index contributed by atoms with van der Waals surface area (Å²) in [6, 6.07) is 0.212. The molecule has 1 atom stereocenters. The Kier molecular flexibility index (Phi) is 4.70. The molecule has 0 saturated carbocycles. The second-order valence-electron chi connectivity index (χ2n) is 5.92. The maximum absolute atomic E-state index is 11.2. The molecule has 114 valence electrons. The van der Waals surface area contributed by atoms with Gasteiger partial charge in [-0.1, -0.05) is 6.92 Å². The van der Waals surface area contributed by atoms with E-state index in [0.29, 0.717) is 5.75 Å². The second kappa shape index (κ2) is 6.14. The minimum Gasteiger partial charge on any atom is -0.493 e. The highest BCUT2D eigenvalue weighted by atomic mass is 16.5. The third kappa shape index (κ3) is 2.83. The van der Waals surface area contributed by atoms with Gasteiger partial charge in [-0.3, -0.25) is 4.68 Å². The standard InChI is InChI=1S/C15H27N3O2/c1-5-17-9-6-7-15(19,8-10-17)14-13(20-4)11-16-18(14)12(2)3/h11-12,19H,5-10H2,1-4H3. The lowest BCUT2D eigenvalue weighted by molar-refractivity contribution is 0.00932. The zero-order valence-electron chi connectivity index (χ0n) is 13.1. The summed E-state index contributed by atoms with van der Waals surface area (Å²) in [6.45, 7) is 9.33. The van der Waals surface area contributed by atoms with Gasteiger partial charge in [0.2, 0.25) is 0 Å². The first-order valence-electron chi connectivity index (χ1n) is 7.58. The first-order chi connectivity index (χ1) is 9.51. The molecular formula is C15H27N3O2. The summed E-state index contributed by atoms with van der Waals surface area (Å²) in [6.07, 6.45) is 4.21. The van der Waals surface area contributed by atoms with E-state index >= 15 is 0 Å². The number of hydrogen-bond acceptors (Lipinski definition) is 4. The molecule has 5 heteroatoms. The summed E-state index contributed by atoms with van der Waals surface area (Å²) in [5.41, 5.74) is 0.00343. The van der Waals surface area contributed by atoms with E-state index in [9.17, 15) is 5.11 Å². The van der Waals surface area contributed by atoms with E-state index in [4.69, 9.17) is 4.74 Å². The number of aromatic nitrogens is 2. The summed E-state index contributed by atoms with van der Waals surface area (Å²) >= 11 is 0. The molecule has 20 heavy (non-hydrogen) atoms. The molecule has 0 aliphatic carbocycles. The number of ether oxygens (including phenoxy) is 1. The van der Waals surface area contributed by atoms with Crippen LogP contribution in [0.2, 0.25) is 0 Å². The van der Waals surface area contributed by atoms with E-state index in [1.165, 1.54) is 0 Å². The molecule has 1 fully saturated rings. The molecule has 2 rings (SSSR count). The number of nitrogens with zero attached hydrogens (tertiary/aromatic N) is 3. The Hall–Kier alpha value is -1.07. The molecule has 1 unspecified atom stereocenters. The van der Waals surface area contributed by atoms with Crippen LogP contribution in [0.25, 0.3) is 0 Å². The van der Waals surface area contributed by atoms with Crippen molar-refractivity contribution in [1.82, 2.24) is 14.7 Å². The average Bonchev–Trinajstić information content (AvgIpc) is 2.78. The van der Waals surface area contributed by atoms with Crippen molar-refractivity contribution in [3.8, 4) is 5.75 Å². The normalized spacial score (nSPS) is 24.9. The van der Waals surface area contributed by atoms with E-state index in [-0.39, 0.29) is 6.04 Å². The van der Waals surface area contributed by atoms with Crippen LogP contribution in [-0.4, -0.2) is 46.5 Å². The van der Waals surface area contributed by atoms with Crippen LogP contribution in [0.15, 0.2) is 6.20 Å². The lowest BCUT2D eigenvalue weighted by Gasteiger charge is -2.29. The fraction of sp³-hybridized carbons (Fsp3) is 0.800. The largest absolute Gasteiger partial charge is 0.493 e. The van der Waals surface area contributed by atoms with E-state index < -0.39 is 5.60 Å². The van der Waals surface area contributed by atoms with Gasteiger partial charge in [0, 0.05) is 12.6 Å². The van der Waals surface area contributed by atoms with Crippen molar-refractivity contribution in [1.29, 1.82) is 0 Å². The molecule has 0 bridgehead atoms. The first-order valence-corrected chi connectivity index (χ1v) is 7.58. The fourth-order valence-electron chi connectivity index (χ4n) is 3.06. The smallest absolute Gasteiger partial charge is 0.162 e. The molecular weight excluding hydrogens is 254 g/mol. The Bertz CT molecular complexity index is 444. The molecule has 0 amide bonds. The van der Waals surface area contributed by atoms with Gasteiger partial charge in [-0.2, -0.15) is 5.10 Å². The highest BCUT2D eigenvalue weighted by molar-refractivity contribution is 5.31. The monoisotopic (exact) mass is 281 g/mol. The van der Waals surface area contributed by atoms with Gasteiger partial charge in [0.15, 0.2) is 5.75 Å². The zero-order valence-corrected chi connectivity index (χ0v) is 13.1. The minimum absolute atomic E-state index is 0.212. The topological polar surface area (TPSA) is 50.5 Å². The van der Waals surface area contributed by atoms with Crippen LogP contribution in [-0.2, 0) is 5.60 Å². The van der Waals surface area contributed by atoms with Crippen LogP contribution in [0.4, 0.5) is 0 Å². The van der Waals surface area contributed by atoms with Gasteiger partial charge in [0.05, 0.1) is 13.3 Å². The molecule has 1 aromatic heterocycles. The third-order valence-corrected chi connectivity index (χ3v) is 4.27. The predicted molar refractivity (Wildman–Crippen MR) is 79.0 cm³/mol. The van der Waals surface area contributed by atoms with E-state index in [1.54, 1.807) is 13.3 Å². The fourth-order valence-corrected chi connectivity index (χ4v) is 3.06. The van der Waals surface area contributed by atoms with Crippen LogP contribution in [0.1, 0.15) is 51.8 Å². The Morgan fingerprint density at radius 2 is 2.15 bits per heavy atom. The van der Waals surface area contributed by atoms with Crippen LogP contribution < -0.4 is 4.74 Å². The van der Waals surface area contributed by atoms with E-state index in [1.807, 2.05) is 4.68 Å². The van der Waals surface area contributed by atoms with Gasteiger partial charge in [-0.05, 0) is 46.2 Å². The van der Waals surface area contributed by atoms with Gasteiger partial charge >= 0.3 is 0 Å².